The van der Waals surface area contributed by atoms with Gasteiger partial charge in [-0.2, -0.15) is 0 Å². The van der Waals surface area contributed by atoms with Gasteiger partial charge in [-0.25, -0.2) is 4.79 Å². The first-order chi connectivity index (χ1) is 12.5. The molecule has 7 nitrogen and oxygen atoms in total. The van der Waals surface area contributed by atoms with E-state index in [4.69, 9.17) is 21.1 Å². The Hall–Kier alpha value is -3.19. The number of carbonyl (C=O) groups excluding carboxylic acids is 1. The Morgan fingerprint density at radius 1 is 1.00 bits per heavy atom. The van der Waals surface area contributed by atoms with Crippen molar-refractivity contribution in [3.63, 3.8) is 0 Å². The smallest absolute Gasteiger partial charge is 0.335 e. The molecular formula is C18H14ClN3O4. The number of nitrogens with zero attached hydrogens (tertiary/aromatic N) is 3. The minimum absolute atomic E-state index is 0.0913. The lowest BCUT2D eigenvalue weighted by Gasteiger charge is -2.15. The number of carboxylic acid groups (broad SMARTS) is 1. The molecule has 2 aromatic carbocycles. The summed E-state index contributed by atoms with van der Waals surface area (Å²) in [5.74, 6) is -0.688. The van der Waals surface area contributed by atoms with Crippen LogP contribution < -0.4 is 4.90 Å². The second kappa shape index (κ2) is 7.37. The molecule has 0 radical (unpaired) electrons. The first kappa shape index (κ1) is 17.6. The van der Waals surface area contributed by atoms with Crippen LogP contribution in [0.3, 0.4) is 0 Å². The normalized spacial score (nSPS) is 10.5. The fraction of sp³-hybridized carbons (Fsp3) is 0.111. The van der Waals surface area contributed by atoms with Gasteiger partial charge in [0.25, 0.3) is 0 Å². The van der Waals surface area contributed by atoms with Gasteiger partial charge in [0, 0.05) is 23.9 Å². The van der Waals surface area contributed by atoms with E-state index in [9.17, 15) is 9.59 Å². The average molecular weight is 372 g/mol. The van der Waals surface area contributed by atoms with Gasteiger partial charge in [0.2, 0.25) is 17.7 Å². The van der Waals surface area contributed by atoms with Crippen LogP contribution in [0.1, 0.15) is 10.4 Å². The van der Waals surface area contributed by atoms with Crippen LogP contribution in [0.15, 0.2) is 52.9 Å². The molecule has 0 unspecified atom stereocenters. The molecule has 0 atom stereocenters. The maximum atomic E-state index is 11.6. The Morgan fingerprint density at radius 3 is 1.96 bits per heavy atom. The molecule has 1 heterocycles. The quantitative estimate of drug-likeness (QED) is 0.691. The maximum Gasteiger partial charge on any atom is 0.335 e. The second-order valence-electron chi connectivity index (χ2n) is 5.43. The monoisotopic (exact) mass is 371 g/mol. The molecule has 0 bridgehead atoms. The number of alkyl halides is 1. The molecular weight excluding hydrogens is 358 g/mol. The molecule has 1 amide bonds. The van der Waals surface area contributed by atoms with Crippen molar-refractivity contribution in [2.75, 3.05) is 17.8 Å². The predicted molar refractivity (Wildman–Crippen MR) is 96.3 cm³/mol. The molecule has 3 rings (SSSR count). The third kappa shape index (κ3) is 3.57. The molecule has 132 valence electrons. The van der Waals surface area contributed by atoms with Gasteiger partial charge in [-0.3, -0.25) is 4.79 Å². The molecule has 26 heavy (non-hydrogen) atoms. The Balaban J connectivity index is 1.81. The summed E-state index contributed by atoms with van der Waals surface area (Å²) in [4.78, 5) is 24.0. The lowest BCUT2D eigenvalue weighted by molar-refractivity contribution is -0.116. The third-order valence-corrected chi connectivity index (χ3v) is 4.02. The number of carbonyl (C=O) groups is 2. The Morgan fingerprint density at radius 2 is 1.50 bits per heavy atom. The van der Waals surface area contributed by atoms with E-state index in [1.165, 1.54) is 17.0 Å². The van der Waals surface area contributed by atoms with Crippen LogP contribution in [-0.4, -0.2) is 40.1 Å². The summed E-state index contributed by atoms with van der Waals surface area (Å²) in [7, 11) is 1.64. The first-order valence-corrected chi connectivity index (χ1v) is 8.13. The standard InChI is InChI=1S/C18H14ClN3O4/c1-22(15(23)10-19)14-8-6-12(7-9-14)17-21-20-16(26-17)11-2-4-13(5-3-11)18(24)25/h2-9H,10H2,1H3,(H,24,25). The predicted octanol–water partition coefficient (Wildman–Crippen LogP) is 3.30. The minimum atomic E-state index is -1.000. The van der Waals surface area contributed by atoms with Crippen molar-refractivity contribution < 1.29 is 19.1 Å². The van der Waals surface area contributed by atoms with Crippen molar-refractivity contribution in [3.8, 4) is 22.9 Å². The average Bonchev–Trinajstić information content (AvgIpc) is 3.17. The Labute approximate surface area is 153 Å². The van der Waals surface area contributed by atoms with Gasteiger partial charge in [-0.05, 0) is 48.5 Å². The van der Waals surface area contributed by atoms with E-state index in [-0.39, 0.29) is 23.2 Å². The second-order valence-corrected chi connectivity index (χ2v) is 5.70. The summed E-state index contributed by atoms with van der Waals surface area (Å²) in [5.41, 5.74) is 2.20. The number of hydrogen-bond acceptors (Lipinski definition) is 5. The van der Waals surface area contributed by atoms with Crippen LogP contribution in [0, 0.1) is 0 Å². The summed E-state index contributed by atoms with van der Waals surface area (Å²) >= 11 is 5.55. The van der Waals surface area contributed by atoms with E-state index in [0.29, 0.717) is 22.7 Å². The molecule has 0 aliphatic carbocycles. The molecule has 0 spiro atoms. The number of carboxylic acids is 1. The highest BCUT2D eigenvalue weighted by Crippen LogP contribution is 2.26. The zero-order valence-corrected chi connectivity index (χ0v) is 14.5. The number of amides is 1. The Kier molecular flexibility index (Phi) is 4.99. The van der Waals surface area contributed by atoms with Crippen molar-refractivity contribution >= 4 is 29.2 Å². The van der Waals surface area contributed by atoms with Gasteiger partial charge in [-0.15, -0.1) is 21.8 Å². The summed E-state index contributed by atoms with van der Waals surface area (Å²) < 4.78 is 5.65. The van der Waals surface area contributed by atoms with E-state index in [0.717, 1.165) is 0 Å². The fourth-order valence-corrected chi connectivity index (χ4v) is 2.45. The van der Waals surface area contributed by atoms with Crippen LogP contribution in [0.5, 0.6) is 0 Å². The van der Waals surface area contributed by atoms with E-state index in [1.54, 1.807) is 43.4 Å². The summed E-state index contributed by atoms with van der Waals surface area (Å²) in [6.07, 6.45) is 0. The van der Waals surface area contributed by atoms with Crippen LogP contribution in [-0.2, 0) is 4.79 Å². The van der Waals surface area contributed by atoms with E-state index in [1.807, 2.05) is 0 Å². The van der Waals surface area contributed by atoms with Gasteiger partial charge >= 0.3 is 5.97 Å². The lowest BCUT2D eigenvalue weighted by Crippen LogP contribution is -2.26. The van der Waals surface area contributed by atoms with Crippen molar-refractivity contribution in [2.45, 2.75) is 0 Å². The van der Waals surface area contributed by atoms with E-state index in [2.05, 4.69) is 10.2 Å². The molecule has 8 heteroatoms. The van der Waals surface area contributed by atoms with Crippen LogP contribution in [0.25, 0.3) is 22.9 Å². The highest BCUT2D eigenvalue weighted by molar-refractivity contribution is 6.29. The topological polar surface area (TPSA) is 96.5 Å². The SMILES string of the molecule is CN(C(=O)CCl)c1ccc(-c2nnc(-c3ccc(C(=O)O)cc3)o2)cc1. The number of halogens is 1. The van der Waals surface area contributed by atoms with Gasteiger partial charge in [-0.1, -0.05) is 0 Å². The van der Waals surface area contributed by atoms with Crippen molar-refractivity contribution in [3.05, 3.63) is 54.1 Å². The van der Waals surface area contributed by atoms with E-state index < -0.39 is 5.97 Å². The summed E-state index contributed by atoms with van der Waals surface area (Å²) in [5, 5.41) is 16.9. The van der Waals surface area contributed by atoms with Gasteiger partial charge in [0.1, 0.15) is 5.88 Å². The number of rotatable bonds is 5. The zero-order valence-electron chi connectivity index (χ0n) is 13.7. The molecule has 3 aromatic rings. The molecule has 0 saturated heterocycles. The summed E-state index contributed by atoms with van der Waals surface area (Å²) in [6, 6.07) is 13.2. The highest BCUT2D eigenvalue weighted by Gasteiger charge is 2.13. The maximum absolute atomic E-state index is 11.6. The van der Waals surface area contributed by atoms with Gasteiger partial charge < -0.3 is 14.4 Å². The van der Waals surface area contributed by atoms with Gasteiger partial charge in [0.15, 0.2) is 0 Å². The molecule has 0 saturated carbocycles. The molecule has 1 N–H and O–H groups in total. The number of hydrogen-bond donors (Lipinski definition) is 1. The van der Waals surface area contributed by atoms with Crippen molar-refractivity contribution in [1.82, 2.24) is 10.2 Å². The largest absolute Gasteiger partial charge is 0.478 e. The van der Waals surface area contributed by atoms with E-state index >= 15 is 0 Å². The molecule has 0 aliphatic heterocycles. The minimum Gasteiger partial charge on any atom is -0.478 e. The van der Waals surface area contributed by atoms with Gasteiger partial charge in [0.05, 0.1) is 5.56 Å². The van der Waals surface area contributed by atoms with Crippen LogP contribution in [0.4, 0.5) is 5.69 Å². The highest BCUT2D eigenvalue weighted by atomic mass is 35.5. The van der Waals surface area contributed by atoms with Crippen LogP contribution in [0.2, 0.25) is 0 Å². The summed E-state index contributed by atoms with van der Waals surface area (Å²) in [6.45, 7) is 0. The van der Waals surface area contributed by atoms with Crippen LogP contribution >= 0.6 is 11.6 Å². The first-order valence-electron chi connectivity index (χ1n) is 7.60. The zero-order chi connectivity index (χ0) is 18.7. The van der Waals surface area contributed by atoms with Crippen molar-refractivity contribution in [1.29, 1.82) is 0 Å². The molecule has 0 fully saturated rings. The number of benzene rings is 2. The number of aromatic carboxylic acids is 1. The molecule has 1 aromatic heterocycles. The van der Waals surface area contributed by atoms with Crippen molar-refractivity contribution in [2.24, 2.45) is 0 Å². The fourth-order valence-electron chi connectivity index (χ4n) is 2.27. The Bertz CT molecular complexity index is 936. The lowest BCUT2D eigenvalue weighted by atomic mass is 10.1. The number of anilines is 1. The number of aromatic nitrogens is 2. The molecule has 0 aliphatic rings. The third-order valence-electron chi connectivity index (χ3n) is 3.79.